The molecule has 1 aromatic heterocycles. The number of carbonyl (C=O) groups excluding carboxylic acids is 1. The van der Waals surface area contributed by atoms with Gasteiger partial charge >= 0.3 is 6.16 Å². The van der Waals surface area contributed by atoms with Crippen molar-refractivity contribution >= 4 is 28.8 Å². The average molecular weight is 491 g/mol. The van der Waals surface area contributed by atoms with Crippen LogP contribution in [0.3, 0.4) is 0 Å². The quantitative estimate of drug-likeness (QED) is 0.194. The Morgan fingerprint density at radius 3 is 2.49 bits per heavy atom. The Labute approximate surface area is 211 Å². The number of benzene rings is 3. The van der Waals surface area contributed by atoms with Gasteiger partial charge in [0.15, 0.2) is 0 Å². The standard InChI is InChI=1S/C29H31ClN2O3/c1-5-6-11-27-31-24-18-22(30)16-17-25(24)32(27)19-20-12-14-21(15-13-20)23-9-7-8-10-26(23)34-28(33)35-29(2,3)4/h7-10,12-18H,5-6,11,19H2,1-4H3. The number of halogens is 1. The highest BCUT2D eigenvalue weighted by Crippen LogP contribution is 2.31. The highest BCUT2D eigenvalue weighted by atomic mass is 35.5. The topological polar surface area (TPSA) is 53.4 Å². The van der Waals surface area contributed by atoms with Crippen LogP contribution in [0.5, 0.6) is 5.75 Å². The average Bonchev–Trinajstić information content (AvgIpc) is 3.13. The molecule has 6 heteroatoms. The fraction of sp³-hybridized carbons (Fsp3) is 0.310. The molecule has 0 radical (unpaired) electrons. The van der Waals surface area contributed by atoms with Crippen LogP contribution in [0.25, 0.3) is 22.2 Å². The molecule has 0 aliphatic carbocycles. The third-order valence-electron chi connectivity index (χ3n) is 5.62. The summed E-state index contributed by atoms with van der Waals surface area (Å²) in [7, 11) is 0. The van der Waals surface area contributed by atoms with Gasteiger partial charge in [0.05, 0.1) is 11.0 Å². The summed E-state index contributed by atoms with van der Waals surface area (Å²) < 4.78 is 13.1. The maximum atomic E-state index is 12.2. The summed E-state index contributed by atoms with van der Waals surface area (Å²) in [6.45, 7) is 8.33. The summed E-state index contributed by atoms with van der Waals surface area (Å²) in [4.78, 5) is 17.1. The number of aryl methyl sites for hydroxylation is 1. The number of unbranched alkanes of at least 4 members (excludes halogenated alkanes) is 1. The molecule has 0 aliphatic rings. The molecule has 4 aromatic rings. The Bertz CT molecular complexity index is 1320. The van der Waals surface area contributed by atoms with Gasteiger partial charge in [0, 0.05) is 23.6 Å². The van der Waals surface area contributed by atoms with Gasteiger partial charge in [-0.15, -0.1) is 0 Å². The van der Waals surface area contributed by atoms with Crippen molar-refractivity contribution < 1.29 is 14.3 Å². The molecule has 3 aromatic carbocycles. The predicted molar refractivity (Wildman–Crippen MR) is 141 cm³/mol. The van der Waals surface area contributed by atoms with E-state index < -0.39 is 11.8 Å². The lowest BCUT2D eigenvalue weighted by molar-refractivity contribution is 0.0207. The van der Waals surface area contributed by atoms with E-state index >= 15 is 0 Å². The van der Waals surface area contributed by atoms with Crippen LogP contribution >= 0.6 is 11.6 Å². The number of rotatable bonds is 7. The second kappa shape index (κ2) is 10.5. The molecule has 0 fully saturated rings. The van der Waals surface area contributed by atoms with E-state index in [4.69, 9.17) is 26.1 Å². The van der Waals surface area contributed by atoms with Crippen molar-refractivity contribution in [3.05, 3.63) is 83.1 Å². The van der Waals surface area contributed by atoms with E-state index in [2.05, 4.69) is 23.6 Å². The number of fused-ring (bicyclic) bond motifs is 1. The Morgan fingerprint density at radius 2 is 1.77 bits per heavy atom. The summed E-state index contributed by atoms with van der Waals surface area (Å²) in [5.74, 6) is 1.54. The largest absolute Gasteiger partial charge is 0.514 e. The van der Waals surface area contributed by atoms with Crippen molar-refractivity contribution in [2.24, 2.45) is 0 Å². The van der Waals surface area contributed by atoms with E-state index in [0.717, 1.165) is 52.8 Å². The normalized spacial score (nSPS) is 11.6. The third kappa shape index (κ3) is 6.23. The summed E-state index contributed by atoms with van der Waals surface area (Å²) in [6, 6.07) is 21.7. The van der Waals surface area contributed by atoms with Crippen LogP contribution in [0.4, 0.5) is 4.79 Å². The van der Waals surface area contributed by atoms with Gasteiger partial charge in [-0.05, 0) is 62.6 Å². The first-order valence-electron chi connectivity index (χ1n) is 12.0. The monoisotopic (exact) mass is 490 g/mol. The van der Waals surface area contributed by atoms with E-state index in [1.807, 2.05) is 69.3 Å². The van der Waals surface area contributed by atoms with E-state index in [0.29, 0.717) is 17.3 Å². The number of hydrogen-bond acceptors (Lipinski definition) is 4. The molecule has 0 unspecified atom stereocenters. The lowest BCUT2D eigenvalue weighted by atomic mass is 10.0. The minimum absolute atomic E-state index is 0.467. The first kappa shape index (κ1) is 24.8. The van der Waals surface area contributed by atoms with E-state index in [-0.39, 0.29) is 0 Å². The molecule has 4 rings (SSSR count). The molecule has 0 N–H and O–H groups in total. The molecule has 182 valence electrons. The van der Waals surface area contributed by atoms with E-state index in [9.17, 15) is 4.79 Å². The number of imidazole rings is 1. The molecule has 0 saturated carbocycles. The summed E-state index contributed by atoms with van der Waals surface area (Å²) >= 11 is 6.21. The van der Waals surface area contributed by atoms with Gasteiger partial charge in [-0.25, -0.2) is 9.78 Å². The summed E-state index contributed by atoms with van der Waals surface area (Å²) in [5, 5.41) is 0.695. The van der Waals surface area contributed by atoms with E-state index in [1.54, 1.807) is 6.07 Å². The molecular formula is C29H31ClN2O3. The lowest BCUT2D eigenvalue weighted by Crippen LogP contribution is -2.26. The minimum atomic E-state index is -0.715. The Balaban J connectivity index is 1.58. The van der Waals surface area contributed by atoms with Crippen molar-refractivity contribution in [2.45, 2.75) is 59.1 Å². The molecule has 1 heterocycles. The number of ether oxygens (including phenoxy) is 2. The van der Waals surface area contributed by atoms with Gasteiger partial charge in [0.2, 0.25) is 0 Å². The smallest absolute Gasteiger partial charge is 0.428 e. The number of aromatic nitrogens is 2. The Kier molecular flexibility index (Phi) is 7.46. The fourth-order valence-corrected chi connectivity index (χ4v) is 4.15. The van der Waals surface area contributed by atoms with Crippen molar-refractivity contribution in [3.63, 3.8) is 0 Å². The van der Waals surface area contributed by atoms with Gasteiger partial charge in [0.25, 0.3) is 0 Å². The van der Waals surface area contributed by atoms with Crippen LogP contribution in [-0.2, 0) is 17.7 Å². The predicted octanol–water partition coefficient (Wildman–Crippen LogP) is 8.06. The van der Waals surface area contributed by atoms with Gasteiger partial charge < -0.3 is 14.0 Å². The molecule has 5 nitrogen and oxygen atoms in total. The Hall–Kier alpha value is -3.31. The van der Waals surface area contributed by atoms with Gasteiger partial charge in [0.1, 0.15) is 17.2 Å². The van der Waals surface area contributed by atoms with Crippen molar-refractivity contribution in [3.8, 4) is 16.9 Å². The maximum Gasteiger partial charge on any atom is 0.514 e. The first-order chi connectivity index (χ1) is 16.7. The lowest BCUT2D eigenvalue weighted by Gasteiger charge is -2.19. The van der Waals surface area contributed by atoms with Crippen LogP contribution in [0.1, 0.15) is 51.9 Å². The molecule has 35 heavy (non-hydrogen) atoms. The van der Waals surface area contributed by atoms with Crippen LogP contribution in [0, 0.1) is 0 Å². The van der Waals surface area contributed by atoms with Crippen molar-refractivity contribution in [2.75, 3.05) is 0 Å². The van der Waals surface area contributed by atoms with Crippen LogP contribution < -0.4 is 4.74 Å². The number of para-hydroxylation sites is 1. The van der Waals surface area contributed by atoms with Gasteiger partial charge in [-0.3, -0.25) is 0 Å². The Morgan fingerprint density at radius 1 is 1.03 bits per heavy atom. The maximum absolute atomic E-state index is 12.2. The summed E-state index contributed by atoms with van der Waals surface area (Å²) in [5.41, 5.74) is 4.34. The zero-order valence-electron chi connectivity index (χ0n) is 20.7. The molecule has 0 atom stereocenters. The van der Waals surface area contributed by atoms with Gasteiger partial charge in [-0.2, -0.15) is 0 Å². The van der Waals surface area contributed by atoms with Crippen LogP contribution in [0.15, 0.2) is 66.7 Å². The summed E-state index contributed by atoms with van der Waals surface area (Å²) in [6.07, 6.45) is 2.41. The van der Waals surface area contributed by atoms with E-state index in [1.165, 1.54) is 0 Å². The fourth-order valence-electron chi connectivity index (χ4n) is 3.98. The zero-order valence-corrected chi connectivity index (χ0v) is 21.4. The second-order valence-corrected chi connectivity index (χ2v) is 10.0. The zero-order chi connectivity index (χ0) is 25.0. The molecule has 0 amide bonds. The van der Waals surface area contributed by atoms with Gasteiger partial charge in [-0.1, -0.05) is 67.4 Å². The first-order valence-corrected chi connectivity index (χ1v) is 12.3. The second-order valence-electron chi connectivity index (χ2n) is 9.61. The number of nitrogens with zero attached hydrogens (tertiary/aromatic N) is 2. The molecular weight excluding hydrogens is 460 g/mol. The highest BCUT2D eigenvalue weighted by molar-refractivity contribution is 6.31. The minimum Gasteiger partial charge on any atom is -0.428 e. The van der Waals surface area contributed by atoms with Crippen LogP contribution in [-0.4, -0.2) is 21.3 Å². The van der Waals surface area contributed by atoms with Crippen molar-refractivity contribution in [1.82, 2.24) is 9.55 Å². The SMILES string of the molecule is CCCCc1nc2cc(Cl)ccc2n1Cc1ccc(-c2ccccc2OC(=O)OC(C)(C)C)cc1. The highest BCUT2D eigenvalue weighted by Gasteiger charge is 2.19. The molecule has 0 saturated heterocycles. The third-order valence-corrected chi connectivity index (χ3v) is 5.85. The van der Waals surface area contributed by atoms with Crippen molar-refractivity contribution in [1.29, 1.82) is 0 Å². The molecule has 0 spiro atoms. The number of carbonyl (C=O) groups is 1. The molecule has 0 bridgehead atoms. The number of hydrogen-bond donors (Lipinski definition) is 0. The molecule has 0 aliphatic heterocycles. The van der Waals surface area contributed by atoms with Crippen LogP contribution in [0.2, 0.25) is 5.02 Å².